The minimum Gasteiger partial charge on any atom is -0.493 e. The molecule has 1 saturated heterocycles. The second-order valence-electron chi connectivity index (χ2n) is 9.30. The molecule has 0 spiro atoms. The molecule has 0 aromatic heterocycles. The highest BCUT2D eigenvalue weighted by Gasteiger charge is 2.41. The van der Waals surface area contributed by atoms with Crippen LogP contribution in [-0.4, -0.2) is 57.2 Å². The van der Waals surface area contributed by atoms with Gasteiger partial charge in [-0.05, 0) is 42.2 Å². The molecule has 35 heavy (non-hydrogen) atoms. The van der Waals surface area contributed by atoms with Crippen molar-refractivity contribution in [2.75, 3.05) is 50.6 Å². The maximum Gasteiger partial charge on any atom is 0.229 e. The van der Waals surface area contributed by atoms with Gasteiger partial charge in [-0.1, -0.05) is 48.5 Å². The molecule has 0 aliphatic carbocycles. The number of methoxy groups -OCH3 is 2. The van der Waals surface area contributed by atoms with Crippen LogP contribution in [0.25, 0.3) is 0 Å². The van der Waals surface area contributed by atoms with E-state index in [-0.39, 0.29) is 17.9 Å². The largest absolute Gasteiger partial charge is 0.493 e. The van der Waals surface area contributed by atoms with E-state index in [1.54, 1.807) is 14.2 Å². The van der Waals surface area contributed by atoms with E-state index in [0.29, 0.717) is 11.5 Å². The number of carbonyl (C=O) groups is 1. The first kappa shape index (κ1) is 23.2. The lowest BCUT2D eigenvalue weighted by atomic mass is 9.83. The molecule has 5 rings (SSSR count). The summed E-state index contributed by atoms with van der Waals surface area (Å²) in [7, 11) is 3.21. The van der Waals surface area contributed by atoms with Gasteiger partial charge in [-0.15, -0.1) is 0 Å². The number of rotatable bonds is 7. The fourth-order valence-corrected chi connectivity index (χ4v) is 5.40. The van der Waals surface area contributed by atoms with Crippen LogP contribution in [0.15, 0.2) is 72.8 Å². The highest BCUT2D eigenvalue weighted by atomic mass is 16.5. The number of benzene rings is 3. The van der Waals surface area contributed by atoms with Crippen LogP contribution in [0.4, 0.5) is 11.4 Å². The molecule has 2 aliphatic heterocycles. The van der Waals surface area contributed by atoms with Gasteiger partial charge in [0.2, 0.25) is 5.91 Å². The van der Waals surface area contributed by atoms with Gasteiger partial charge < -0.3 is 19.7 Å². The summed E-state index contributed by atoms with van der Waals surface area (Å²) in [5.74, 6) is 1.15. The van der Waals surface area contributed by atoms with Crippen LogP contribution in [-0.2, 0) is 17.6 Å². The van der Waals surface area contributed by atoms with Crippen molar-refractivity contribution in [2.24, 2.45) is 5.92 Å². The van der Waals surface area contributed by atoms with Gasteiger partial charge in [-0.2, -0.15) is 0 Å². The first-order chi connectivity index (χ1) is 17.2. The molecule has 3 aromatic rings. The Morgan fingerprint density at radius 1 is 0.943 bits per heavy atom. The molecule has 6 nitrogen and oxygen atoms in total. The molecule has 1 amide bonds. The molecule has 2 heterocycles. The molecule has 0 unspecified atom stereocenters. The third-order valence-electron chi connectivity index (χ3n) is 7.26. The van der Waals surface area contributed by atoms with Crippen molar-refractivity contribution in [2.45, 2.75) is 18.9 Å². The zero-order valence-electron chi connectivity index (χ0n) is 20.4. The van der Waals surface area contributed by atoms with Gasteiger partial charge in [0, 0.05) is 43.6 Å². The fourth-order valence-electron chi connectivity index (χ4n) is 5.40. The summed E-state index contributed by atoms with van der Waals surface area (Å²) in [6, 6.07) is 24.8. The molecule has 0 radical (unpaired) electrons. The lowest BCUT2D eigenvalue weighted by Gasteiger charge is -2.49. The average Bonchev–Trinajstić information content (AvgIpc) is 2.91. The Hall–Kier alpha value is -3.51. The van der Waals surface area contributed by atoms with E-state index >= 15 is 0 Å². The van der Waals surface area contributed by atoms with E-state index in [1.165, 1.54) is 16.8 Å². The van der Waals surface area contributed by atoms with E-state index in [4.69, 9.17) is 9.47 Å². The highest BCUT2D eigenvalue weighted by molar-refractivity contribution is 5.94. The number of ether oxygens (including phenoxy) is 2. The van der Waals surface area contributed by atoms with E-state index < -0.39 is 0 Å². The van der Waals surface area contributed by atoms with Crippen molar-refractivity contribution in [1.29, 1.82) is 0 Å². The molecule has 182 valence electrons. The van der Waals surface area contributed by atoms with Gasteiger partial charge in [-0.3, -0.25) is 9.69 Å². The fraction of sp³-hybridized carbons (Fsp3) is 0.345. The number of anilines is 2. The lowest BCUT2D eigenvalue weighted by Crippen LogP contribution is -2.60. The number of nitrogens with one attached hydrogen (secondary N) is 1. The van der Waals surface area contributed by atoms with Crippen LogP contribution in [0.2, 0.25) is 0 Å². The monoisotopic (exact) mass is 471 g/mol. The van der Waals surface area contributed by atoms with Crippen LogP contribution in [0.5, 0.6) is 11.5 Å². The van der Waals surface area contributed by atoms with Crippen molar-refractivity contribution in [3.63, 3.8) is 0 Å². The predicted molar refractivity (Wildman–Crippen MR) is 140 cm³/mol. The Morgan fingerprint density at radius 3 is 2.51 bits per heavy atom. The van der Waals surface area contributed by atoms with Crippen molar-refractivity contribution >= 4 is 17.3 Å². The molecule has 2 atom stereocenters. The summed E-state index contributed by atoms with van der Waals surface area (Å²) in [5, 5.41) is 3.15. The van der Waals surface area contributed by atoms with Gasteiger partial charge >= 0.3 is 0 Å². The Morgan fingerprint density at radius 2 is 1.71 bits per heavy atom. The highest BCUT2D eigenvalue weighted by Crippen LogP contribution is 2.37. The Bertz CT molecular complexity index is 1170. The molecule has 1 N–H and O–H groups in total. The summed E-state index contributed by atoms with van der Waals surface area (Å²) in [6.45, 7) is 3.81. The molecular formula is C29H33N3O3. The number of fused-ring (bicyclic) bond motifs is 3. The third-order valence-corrected chi connectivity index (χ3v) is 7.26. The molecular weight excluding hydrogens is 438 g/mol. The van der Waals surface area contributed by atoms with Gasteiger partial charge in [0.25, 0.3) is 0 Å². The maximum atomic E-state index is 13.6. The Balaban J connectivity index is 1.35. The Kier molecular flexibility index (Phi) is 6.91. The minimum atomic E-state index is -0.141. The topological polar surface area (TPSA) is 54.0 Å². The second-order valence-corrected chi connectivity index (χ2v) is 9.30. The number of hydrogen-bond donors (Lipinski definition) is 1. The smallest absolute Gasteiger partial charge is 0.229 e. The van der Waals surface area contributed by atoms with E-state index in [0.717, 1.165) is 44.7 Å². The first-order valence-electron chi connectivity index (χ1n) is 12.3. The van der Waals surface area contributed by atoms with Gasteiger partial charge in [0.1, 0.15) is 0 Å². The van der Waals surface area contributed by atoms with Crippen LogP contribution >= 0.6 is 0 Å². The van der Waals surface area contributed by atoms with E-state index in [1.807, 2.05) is 18.2 Å². The number of nitrogens with zero attached hydrogens (tertiary/aromatic N) is 2. The summed E-state index contributed by atoms with van der Waals surface area (Å²) in [4.78, 5) is 18.6. The maximum absolute atomic E-state index is 13.6. The summed E-state index contributed by atoms with van der Waals surface area (Å²) in [5.41, 5.74) is 4.59. The number of hydrogen-bond acceptors (Lipinski definition) is 5. The van der Waals surface area contributed by atoms with E-state index in [2.05, 4.69) is 69.7 Å². The van der Waals surface area contributed by atoms with Gasteiger partial charge in [0.05, 0.1) is 26.2 Å². The van der Waals surface area contributed by atoms with Crippen molar-refractivity contribution in [3.8, 4) is 11.5 Å². The zero-order valence-corrected chi connectivity index (χ0v) is 20.4. The van der Waals surface area contributed by atoms with Crippen molar-refractivity contribution in [3.05, 3.63) is 83.9 Å². The van der Waals surface area contributed by atoms with E-state index in [9.17, 15) is 4.79 Å². The minimum absolute atomic E-state index is 0.0478. The normalized spacial score (nSPS) is 19.4. The summed E-state index contributed by atoms with van der Waals surface area (Å²) >= 11 is 0. The van der Waals surface area contributed by atoms with Gasteiger partial charge in [-0.25, -0.2) is 0 Å². The molecule has 6 heteroatoms. The first-order valence-corrected chi connectivity index (χ1v) is 12.3. The molecule has 0 saturated carbocycles. The third kappa shape index (κ3) is 4.98. The van der Waals surface area contributed by atoms with Crippen LogP contribution in [0, 0.1) is 5.92 Å². The molecule has 3 aromatic carbocycles. The number of piperazine rings is 1. The molecule has 1 fully saturated rings. The lowest BCUT2D eigenvalue weighted by molar-refractivity contribution is -0.121. The summed E-state index contributed by atoms with van der Waals surface area (Å²) < 4.78 is 10.8. The van der Waals surface area contributed by atoms with Gasteiger partial charge in [0.15, 0.2) is 11.5 Å². The molecule has 0 bridgehead atoms. The predicted octanol–water partition coefficient (Wildman–Crippen LogP) is 4.25. The summed E-state index contributed by atoms with van der Waals surface area (Å²) in [6.07, 6.45) is 1.76. The van der Waals surface area contributed by atoms with Crippen molar-refractivity contribution < 1.29 is 14.3 Å². The number of carbonyl (C=O) groups excluding carboxylic acids is 1. The number of para-hydroxylation sites is 1. The quantitative estimate of drug-likeness (QED) is 0.558. The molecule has 2 aliphatic rings. The van der Waals surface area contributed by atoms with Crippen LogP contribution in [0.1, 0.15) is 11.1 Å². The second kappa shape index (κ2) is 10.4. The SMILES string of the molecule is COc1ccc(NC(=O)[C@H]2Cc3ccccc3N3CCN(CCc4ccccc4)C[C@@H]23)cc1OC. The average molecular weight is 472 g/mol. The Labute approximate surface area is 207 Å². The van der Waals surface area contributed by atoms with Crippen LogP contribution < -0.4 is 19.7 Å². The zero-order chi connectivity index (χ0) is 24.2. The standard InChI is InChI=1S/C29H33N3O3/c1-34-27-13-12-23(19-28(27)35-2)30-29(33)24-18-22-10-6-7-11-25(22)32-17-16-31(20-26(24)32)15-14-21-8-4-3-5-9-21/h3-13,19,24,26H,14-18,20H2,1-2H3,(H,30,33)/t24-,26-/m0/s1. The van der Waals surface area contributed by atoms with Crippen molar-refractivity contribution in [1.82, 2.24) is 4.90 Å². The van der Waals surface area contributed by atoms with Crippen LogP contribution in [0.3, 0.4) is 0 Å². The number of amides is 1.